The molecule has 2 N–H and O–H groups in total. The number of hydrogen-bond acceptors (Lipinski definition) is 2. The van der Waals surface area contributed by atoms with Crippen LogP contribution in [0.4, 0.5) is 0 Å². The molecule has 5 atom stereocenters. The van der Waals surface area contributed by atoms with Crippen molar-refractivity contribution in [3.63, 3.8) is 0 Å². The van der Waals surface area contributed by atoms with Gasteiger partial charge in [0, 0.05) is 12.6 Å². The van der Waals surface area contributed by atoms with Crippen LogP contribution in [-0.2, 0) is 4.79 Å². The highest BCUT2D eigenvalue weighted by Gasteiger charge is 2.28. The standard InChI is InChI=1S/C13H25NO.C11H15N/c1-4-10(2)7-12-8-11(3)5-6-13(12)14-9-15;1-2-5-10(6-3-1)11-7-4-8-12-9-11/h9-13H,4-8H2,1-3H3,(H,14,15);1-3,5-6,11-12H,4,7-9H2/t;11-/m.1/s1. The first kappa shape index (κ1) is 21.9. The molecule has 1 amide bonds. The van der Waals surface area contributed by atoms with Gasteiger partial charge in [0.15, 0.2) is 0 Å². The third kappa shape index (κ3) is 7.65. The minimum Gasteiger partial charge on any atom is -0.356 e. The average Bonchev–Trinajstić information content (AvgIpc) is 2.72. The van der Waals surface area contributed by atoms with Gasteiger partial charge in [-0.1, -0.05) is 57.5 Å². The molecular weight excluding hydrogens is 332 g/mol. The van der Waals surface area contributed by atoms with Crippen molar-refractivity contribution in [3.05, 3.63) is 35.9 Å². The summed E-state index contributed by atoms with van der Waals surface area (Å²) in [6, 6.07) is 11.2. The molecule has 2 aliphatic rings. The molecule has 1 heterocycles. The second-order valence-corrected chi connectivity index (χ2v) is 8.77. The number of piperidine rings is 1. The molecule has 3 nitrogen and oxygen atoms in total. The first-order valence-electron chi connectivity index (χ1n) is 11.1. The lowest BCUT2D eigenvalue weighted by atomic mass is 9.75. The van der Waals surface area contributed by atoms with Crippen molar-refractivity contribution < 1.29 is 4.79 Å². The molecule has 0 spiro atoms. The lowest BCUT2D eigenvalue weighted by molar-refractivity contribution is -0.110. The largest absolute Gasteiger partial charge is 0.356 e. The van der Waals surface area contributed by atoms with E-state index in [1.165, 1.54) is 57.1 Å². The SMILES string of the molecule is CCC(C)CC1CC(C)CCC1NC=O.c1ccc([C@@H]2CCCNC2)cc1. The van der Waals surface area contributed by atoms with Crippen LogP contribution in [0.5, 0.6) is 0 Å². The predicted molar refractivity (Wildman–Crippen MR) is 115 cm³/mol. The highest BCUT2D eigenvalue weighted by Crippen LogP contribution is 2.33. The first-order chi connectivity index (χ1) is 13.1. The third-order valence-corrected chi connectivity index (χ3v) is 6.50. The van der Waals surface area contributed by atoms with Crippen LogP contribution in [-0.4, -0.2) is 25.5 Å². The Morgan fingerprint density at radius 2 is 2.00 bits per heavy atom. The van der Waals surface area contributed by atoms with Gasteiger partial charge in [-0.2, -0.15) is 0 Å². The molecule has 0 aromatic heterocycles. The maximum absolute atomic E-state index is 10.5. The van der Waals surface area contributed by atoms with Crippen molar-refractivity contribution in [1.82, 2.24) is 10.6 Å². The molecule has 152 valence electrons. The van der Waals surface area contributed by atoms with Gasteiger partial charge in [0.1, 0.15) is 0 Å². The molecular formula is C24H40N2O. The van der Waals surface area contributed by atoms with E-state index in [2.05, 4.69) is 61.7 Å². The van der Waals surface area contributed by atoms with E-state index in [9.17, 15) is 4.79 Å². The number of amides is 1. The monoisotopic (exact) mass is 372 g/mol. The topological polar surface area (TPSA) is 41.1 Å². The molecule has 1 aliphatic carbocycles. The van der Waals surface area contributed by atoms with E-state index >= 15 is 0 Å². The molecule has 1 saturated heterocycles. The van der Waals surface area contributed by atoms with E-state index in [1.807, 2.05) is 0 Å². The Hall–Kier alpha value is -1.35. The zero-order chi connectivity index (χ0) is 19.5. The number of nitrogens with one attached hydrogen (secondary N) is 2. The van der Waals surface area contributed by atoms with Crippen LogP contribution in [0, 0.1) is 17.8 Å². The molecule has 0 bridgehead atoms. The quantitative estimate of drug-likeness (QED) is 0.680. The summed E-state index contributed by atoms with van der Waals surface area (Å²) in [5, 5.41) is 6.44. The summed E-state index contributed by atoms with van der Waals surface area (Å²) >= 11 is 0. The van der Waals surface area contributed by atoms with Gasteiger partial charge >= 0.3 is 0 Å². The van der Waals surface area contributed by atoms with Crippen LogP contribution in [0.2, 0.25) is 0 Å². The molecule has 1 aliphatic heterocycles. The van der Waals surface area contributed by atoms with Gasteiger partial charge in [-0.3, -0.25) is 4.79 Å². The van der Waals surface area contributed by atoms with Crippen LogP contribution < -0.4 is 10.6 Å². The van der Waals surface area contributed by atoms with Crippen LogP contribution >= 0.6 is 0 Å². The maximum Gasteiger partial charge on any atom is 0.207 e. The van der Waals surface area contributed by atoms with E-state index in [1.54, 1.807) is 0 Å². The summed E-state index contributed by atoms with van der Waals surface area (Å²) in [6.07, 6.45) is 9.78. The van der Waals surface area contributed by atoms with Gasteiger partial charge in [0.2, 0.25) is 6.41 Å². The number of benzene rings is 1. The summed E-state index contributed by atoms with van der Waals surface area (Å²) in [6.45, 7) is 9.25. The Kier molecular flexibility index (Phi) is 9.90. The maximum atomic E-state index is 10.5. The molecule has 2 fully saturated rings. The van der Waals surface area contributed by atoms with Crippen molar-refractivity contribution >= 4 is 6.41 Å². The van der Waals surface area contributed by atoms with Crippen LogP contribution in [0.1, 0.15) is 77.2 Å². The highest BCUT2D eigenvalue weighted by atomic mass is 16.1. The molecule has 27 heavy (non-hydrogen) atoms. The van der Waals surface area contributed by atoms with Crippen molar-refractivity contribution in [2.75, 3.05) is 13.1 Å². The van der Waals surface area contributed by atoms with E-state index in [0.717, 1.165) is 30.7 Å². The van der Waals surface area contributed by atoms with Crippen molar-refractivity contribution in [2.24, 2.45) is 17.8 Å². The highest BCUT2D eigenvalue weighted by molar-refractivity contribution is 5.46. The molecule has 1 aromatic rings. The van der Waals surface area contributed by atoms with Crippen LogP contribution in [0.3, 0.4) is 0 Å². The van der Waals surface area contributed by atoms with Crippen LogP contribution in [0.15, 0.2) is 30.3 Å². The lowest BCUT2D eigenvalue weighted by Gasteiger charge is -2.35. The van der Waals surface area contributed by atoms with E-state index < -0.39 is 0 Å². The van der Waals surface area contributed by atoms with Crippen molar-refractivity contribution in [3.8, 4) is 0 Å². The van der Waals surface area contributed by atoms with E-state index in [4.69, 9.17) is 0 Å². The summed E-state index contributed by atoms with van der Waals surface area (Å²) in [4.78, 5) is 10.5. The van der Waals surface area contributed by atoms with Gasteiger partial charge in [-0.15, -0.1) is 0 Å². The zero-order valence-corrected chi connectivity index (χ0v) is 17.6. The fraction of sp³-hybridized carbons (Fsp3) is 0.708. The van der Waals surface area contributed by atoms with Gasteiger partial charge in [0.05, 0.1) is 0 Å². The Bertz CT molecular complexity index is 512. The lowest BCUT2D eigenvalue weighted by Crippen LogP contribution is -2.40. The predicted octanol–water partition coefficient (Wildman–Crippen LogP) is 5.13. The van der Waals surface area contributed by atoms with Gasteiger partial charge < -0.3 is 10.6 Å². The van der Waals surface area contributed by atoms with Crippen molar-refractivity contribution in [2.45, 2.75) is 77.7 Å². The Balaban J connectivity index is 0.000000198. The Labute approximate surface area is 166 Å². The minimum atomic E-state index is 0.438. The summed E-state index contributed by atoms with van der Waals surface area (Å²) < 4.78 is 0. The minimum absolute atomic E-state index is 0.438. The average molecular weight is 373 g/mol. The number of rotatable bonds is 6. The Morgan fingerprint density at radius 1 is 1.22 bits per heavy atom. The van der Waals surface area contributed by atoms with Gasteiger partial charge in [-0.25, -0.2) is 0 Å². The van der Waals surface area contributed by atoms with Gasteiger partial charge in [-0.05, 0) is 74.3 Å². The van der Waals surface area contributed by atoms with Crippen LogP contribution in [0.25, 0.3) is 0 Å². The molecule has 0 radical (unpaired) electrons. The molecule has 1 saturated carbocycles. The second-order valence-electron chi connectivity index (χ2n) is 8.77. The van der Waals surface area contributed by atoms with E-state index in [0.29, 0.717) is 12.0 Å². The number of carbonyl (C=O) groups excluding carboxylic acids is 1. The van der Waals surface area contributed by atoms with Gasteiger partial charge in [0.25, 0.3) is 0 Å². The molecule has 3 rings (SSSR count). The fourth-order valence-corrected chi connectivity index (χ4v) is 4.61. The molecule has 1 aromatic carbocycles. The van der Waals surface area contributed by atoms with E-state index in [-0.39, 0.29) is 0 Å². The summed E-state index contributed by atoms with van der Waals surface area (Å²) in [5.41, 5.74) is 1.49. The summed E-state index contributed by atoms with van der Waals surface area (Å²) in [5.74, 6) is 3.08. The smallest absolute Gasteiger partial charge is 0.207 e. The second kappa shape index (κ2) is 12.2. The zero-order valence-electron chi connectivity index (χ0n) is 17.6. The first-order valence-corrected chi connectivity index (χ1v) is 11.1. The third-order valence-electron chi connectivity index (χ3n) is 6.50. The number of carbonyl (C=O) groups is 1. The summed E-state index contributed by atoms with van der Waals surface area (Å²) in [7, 11) is 0. The molecule has 4 unspecified atom stereocenters. The fourth-order valence-electron chi connectivity index (χ4n) is 4.61. The molecule has 3 heteroatoms. The number of hydrogen-bond donors (Lipinski definition) is 2. The normalized spacial score (nSPS) is 29.1. The van der Waals surface area contributed by atoms with Crippen molar-refractivity contribution in [1.29, 1.82) is 0 Å². The Morgan fingerprint density at radius 3 is 2.63 bits per heavy atom.